The van der Waals surface area contributed by atoms with Crippen molar-refractivity contribution in [1.82, 2.24) is 0 Å². The molecule has 0 heterocycles. The van der Waals surface area contributed by atoms with Gasteiger partial charge in [0.25, 0.3) is 0 Å². The number of sulfone groups is 1. The Labute approximate surface area is 157 Å². The van der Waals surface area contributed by atoms with Crippen LogP contribution in [0.25, 0.3) is 0 Å². The van der Waals surface area contributed by atoms with Crippen molar-refractivity contribution in [1.29, 1.82) is 0 Å². The number of Topliss-reactive ketones (excluding diaryl/α,β-unsaturated/α-hetero) is 1. The quantitative estimate of drug-likeness (QED) is 0.545. The summed E-state index contributed by atoms with van der Waals surface area (Å²) in [6, 6.07) is 16.1. The molecule has 8 heteroatoms. The summed E-state index contributed by atoms with van der Waals surface area (Å²) >= 11 is 0. The van der Waals surface area contributed by atoms with Gasteiger partial charge in [0.2, 0.25) is 5.91 Å². The van der Waals surface area contributed by atoms with Crippen LogP contribution in [0.3, 0.4) is 0 Å². The molecule has 2 aromatic rings. The molecule has 1 atom stereocenters. The lowest BCUT2D eigenvalue weighted by Crippen LogP contribution is -2.38. The van der Waals surface area contributed by atoms with E-state index in [1.54, 1.807) is 48.5 Å². The summed E-state index contributed by atoms with van der Waals surface area (Å²) in [5.74, 6) is -3.33. The van der Waals surface area contributed by atoms with E-state index in [1.807, 2.05) is 0 Å². The molecule has 142 valence electrons. The van der Waals surface area contributed by atoms with E-state index >= 15 is 0 Å². The van der Waals surface area contributed by atoms with Gasteiger partial charge in [-0.05, 0) is 12.1 Å². The molecular formula is C19H19NO6S. The lowest BCUT2D eigenvalue weighted by molar-refractivity contribution is -0.140. The first-order valence-electron chi connectivity index (χ1n) is 8.06. The van der Waals surface area contributed by atoms with Crippen molar-refractivity contribution >= 4 is 33.2 Å². The predicted molar refractivity (Wildman–Crippen MR) is 100 cm³/mol. The zero-order valence-electron chi connectivity index (χ0n) is 14.6. The van der Waals surface area contributed by atoms with Gasteiger partial charge in [0.15, 0.2) is 15.6 Å². The first-order valence-corrected chi connectivity index (χ1v) is 9.77. The Hall–Kier alpha value is -3.00. The third-order valence-electron chi connectivity index (χ3n) is 3.75. The van der Waals surface area contributed by atoms with Crippen LogP contribution in [0.5, 0.6) is 0 Å². The molecule has 2 aromatic carbocycles. The Bertz CT molecular complexity index is 910. The number of ether oxygens (including phenoxy) is 1. The van der Waals surface area contributed by atoms with Crippen molar-refractivity contribution in [2.45, 2.75) is 11.7 Å². The van der Waals surface area contributed by atoms with E-state index in [4.69, 9.17) is 0 Å². The number of anilines is 1. The van der Waals surface area contributed by atoms with Crippen LogP contribution in [0.2, 0.25) is 0 Å². The van der Waals surface area contributed by atoms with Gasteiger partial charge in [-0.1, -0.05) is 48.5 Å². The molecule has 0 aromatic heterocycles. The molecule has 0 saturated carbocycles. The van der Waals surface area contributed by atoms with Crippen molar-refractivity contribution in [3.8, 4) is 0 Å². The van der Waals surface area contributed by atoms with Gasteiger partial charge in [0, 0.05) is 11.3 Å². The van der Waals surface area contributed by atoms with Crippen LogP contribution >= 0.6 is 0 Å². The zero-order valence-corrected chi connectivity index (χ0v) is 15.4. The smallest absolute Gasteiger partial charge is 0.307 e. The SMILES string of the molecule is COC(=O)CC(C(=O)c1ccccc1)S(=O)(=O)CC(=O)Nc1ccccc1. The largest absolute Gasteiger partial charge is 0.469 e. The molecule has 27 heavy (non-hydrogen) atoms. The average Bonchev–Trinajstić information content (AvgIpc) is 2.66. The highest BCUT2D eigenvalue weighted by Gasteiger charge is 2.37. The van der Waals surface area contributed by atoms with Crippen molar-refractivity contribution in [3.05, 3.63) is 66.2 Å². The minimum absolute atomic E-state index is 0.137. The van der Waals surface area contributed by atoms with E-state index in [-0.39, 0.29) is 5.56 Å². The van der Waals surface area contributed by atoms with Gasteiger partial charge in [-0.2, -0.15) is 0 Å². The first kappa shape index (κ1) is 20.3. The fraction of sp³-hybridized carbons (Fsp3) is 0.211. The molecule has 2 rings (SSSR count). The van der Waals surface area contributed by atoms with Gasteiger partial charge in [-0.25, -0.2) is 8.42 Å². The van der Waals surface area contributed by atoms with Crippen LogP contribution in [0.1, 0.15) is 16.8 Å². The number of amides is 1. The van der Waals surface area contributed by atoms with E-state index in [0.717, 1.165) is 7.11 Å². The number of nitrogens with one attached hydrogen (secondary N) is 1. The monoisotopic (exact) mass is 389 g/mol. The summed E-state index contributed by atoms with van der Waals surface area (Å²) in [6.07, 6.45) is -0.662. The molecule has 1 amide bonds. The Morgan fingerprint density at radius 1 is 0.963 bits per heavy atom. The second-order valence-corrected chi connectivity index (χ2v) is 7.90. The van der Waals surface area contributed by atoms with E-state index in [1.165, 1.54) is 12.1 Å². The van der Waals surface area contributed by atoms with Crippen molar-refractivity contribution in [2.75, 3.05) is 18.2 Å². The number of rotatable bonds is 8. The number of hydrogen-bond acceptors (Lipinski definition) is 6. The molecule has 0 aliphatic rings. The van der Waals surface area contributed by atoms with Crippen molar-refractivity contribution < 1.29 is 27.5 Å². The zero-order chi connectivity index (χ0) is 19.9. The highest BCUT2D eigenvalue weighted by atomic mass is 32.2. The summed E-state index contributed by atoms with van der Waals surface area (Å²) in [5.41, 5.74) is 0.565. The number of carbonyl (C=O) groups is 3. The Morgan fingerprint density at radius 2 is 1.52 bits per heavy atom. The number of benzene rings is 2. The molecule has 0 bridgehead atoms. The fourth-order valence-corrected chi connectivity index (χ4v) is 3.90. The standard InChI is InChI=1S/C19H19NO6S/c1-26-18(22)12-16(19(23)14-8-4-2-5-9-14)27(24,25)13-17(21)20-15-10-6-3-7-11-15/h2-11,16H,12-13H2,1H3,(H,20,21). The molecular weight excluding hydrogens is 370 g/mol. The Balaban J connectivity index is 2.23. The second kappa shape index (κ2) is 9.09. The maximum Gasteiger partial charge on any atom is 0.307 e. The lowest BCUT2D eigenvalue weighted by atomic mass is 10.1. The van der Waals surface area contributed by atoms with Crippen LogP contribution in [0.4, 0.5) is 5.69 Å². The molecule has 1 N–H and O–H groups in total. The predicted octanol–water partition coefficient (Wildman–Crippen LogP) is 1.85. The van der Waals surface area contributed by atoms with Gasteiger partial charge >= 0.3 is 5.97 Å². The molecule has 7 nitrogen and oxygen atoms in total. The minimum Gasteiger partial charge on any atom is -0.469 e. The number of carbonyl (C=O) groups excluding carboxylic acids is 3. The van der Waals surface area contributed by atoms with Crippen LogP contribution in [-0.4, -0.2) is 44.2 Å². The number of para-hydroxylation sites is 1. The Morgan fingerprint density at radius 3 is 2.07 bits per heavy atom. The summed E-state index contributed by atoms with van der Waals surface area (Å²) < 4.78 is 29.9. The minimum atomic E-state index is -4.26. The van der Waals surface area contributed by atoms with Gasteiger partial charge in [0.1, 0.15) is 11.0 Å². The molecule has 0 spiro atoms. The van der Waals surface area contributed by atoms with Crippen molar-refractivity contribution in [3.63, 3.8) is 0 Å². The van der Waals surface area contributed by atoms with E-state index < -0.39 is 44.9 Å². The normalized spacial score (nSPS) is 12.0. The van der Waals surface area contributed by atoms with Crippen LogP contribution in [0, 0.1) is 0 Å². The molecule has 0 saturated heterocycles. The van der Waals surface area contributed by atoms with Crippen LogP contribution in [-0.2, 0) is 24.2 Å². The van der Waals surface area contributed by atoms with E-state index in [0.29, 0.717) is 5.69 Å². The number of ketones is 1. The van der Waals surface area contributed by atoms with Crippen LogP contribution in [0.15, 0.2) is 60.7 Å². The summed E-state index contributed by atoms with van der Waals surface area (Å²) in [5, 5.41) is 0.753. The summed E-state index contributed by atoms with van der Waals surface area (Å²) in [7, 11) is -3.16. The van der Waals surface area contributed by atoms with E-state index in [9.17, 15) is 22.8 Å². The third kappa shape index (κ3) is 5.75. The average molecular weight is 389 g/mol. The number of methoxy groups -OCH3 is 1. The van der Waals surface area contributed by atoms with Gasteiger partial charge in [-0.3, -0.25) is 14.4 Å². The topological polar surface area (TPSA) is 107 Å². The van der Waals surface area contributed by atoms with Gasteiger partial charge < -0.3 is 10.1 Å². The molecule has 0 radical (unpaired) electrons. The summed E-state index contributed by atoms with van der Waals surface area (Å²) in [4.78, 5) is 36.4. The summed E-state index contributed by atoms with van der Waals surface area (Å²) in [6.45, 7) is 0. The van der Waals surface area contributed by atoms with E-state index in [2.05, 4.69) is 10.1 Å². The maximum absolute atomic E-state index is 12.7. The molecule has 0 fully saturated rings. The fourth-order valence-electron chi connectivity index (χ4n) is 2.41. The second-order valence-electron chi connectivity index (χ2n) is 5.72. The highest BCUT2D eigenvalue weighted by molar-refractivity contribution is 7.93. The first-order chi connectivity index (χ1) is 12.8. The molecule has 1 unspecified atom stereocenters. The number of hydrogen-bond donors (Lipinski definition) is 1. The van der Waals surface area contributed by atoms with Gasteiger partial charge in [-0.15, -0.1) is 0 Å². The third-order valence-corrected chi connectivity index (χ3v) is 5.67. The number of esters is 1. The highest BCUT2D eigenvalue weighted by Crippen LogP contribution is 2.16. The molecule has 0 aliphatic heterocycles. The Kier molecular flexibility index (Phi) is 6.84. The van der Waals surface area contributed by atoms with Crippen LogP contribution < -0.4 is 5.32 Å². The van der Waals surface area contributed by atoms with Crippen molar-refractivity contribution in [2.24, 2.45) is 0 Å². The lowest BCUT2D eigenvalue weighted by Gasteiger charge is -2.16. The molecule has 0 aliphatic carbocycles. The maximum atomic E-state index is 12.7. The van der Waals surface area contributed by atoms with Gasteiger partial charge in [0.05, 0.1) is 13.5 Å².